The first-order valence-electron chi connectivity index (χ1n) is 6.88. The number of furan rings is 1. The average Bonchev–Trinajstić information content (AvgIpc) is 2.84. The molecule has 0 aliphatic heterocycles. The van der Waals surface area contributed by atoms with Crippen molar-refractivity contribution in [2.75, 3.05) is 6.61 Å². The monoisotopic (exact) mass is 266 g/mol. The summed E-state index contributed by atoms with van der Waals surface area (Å²) in [6, 6.07) is 14.4. The maximum Gasteiger partial charge on any atom is 0.134 e. The normalized spacial score (nSPS) is 10.9. The Kier molecular flexibility index (Phi) is 3.46. The molecule has 1 aromatic heterocycles. The van der Waals surface area contributed by atoms with E-state index in [0.717, 1.165) is 17.8 Å². The van der Waals surface area contributed by atoms with Gasteiger partial charge in [0.25, 0.3) is 0 Å². The van der Waals surface area contributed by atoms with Crippen LogP contribution in [0.25, 0.3) is 11.0 Å². The smallest absolute Gasteiger partial charge is 0.134 e. The van der Waals surface area contributed by atoms with Gasteiger partial charge in [0.1, 0.15) is 11.3 Å². The van der Waals surface area contributed by atoms with E-state index in [1.54, 1.807) is 0 Å². The van der Waals surface area contributed by atoms with Crippen molar-refractivity contribution < 1.29 is 9.15 Å². The second-order valence-electron chi connectivity index (χ2n) is 5.17. The largest absolute Gasteiger partial charge is 0.493 e. The van der Waals surface area contributed by atoms with Crippen molar-refractivity contribution in [3.8, 4) is 5.75 Å². The fourth-order valence-electron chi connectivity index (χ4n) is 2.30. The Morgan fingerprint density at radius 1 is 0.950 bits per heavy atom. The van der Waals surface area contributed by atoms with Crippen LogP contribution < -0.4 is 4.74 Å². The molecule has 0 spiro atoms. The van der Waals surface area contributed by atoms with Gasteiger partial charge < -0.3 is 9.15 Å². The van der Waals surface area contributed by atoms with Gasteiger partial charge in [-0.2, -0.15) is 0 Å². The highest BCUT2D eigenvalue weighted by molar-refractivity contribution is 5.81. The highest BCUT2D eigenvalue weighted by Gasteiger charge is 2.06. The first kappa shape index (κ1) is 12.8. The van der Waals surface area contributed by atoms with E-state index < -0.39 is 0 Å². The molecule has 102 valence electrons. The first-order chi connectivity index (χ1) is 9.72. The Morgan fingerprint density at radius 3 is 2.50 bits per heavy atom. The van der Waals surface area contributed by atoms with E-state index in [-0.39, 0.29) is 0 Å². The third kappa shape index (κ3) is 2.69. The summed E-state index contributed by atoms with van der Waals surface area (Å²) in [6.07, 6.45) is 2.69. The second-order valence-corrected chi connectivity index (χ2v) is 5.17. The van der Waals surface area contributed by atoms with Gasteiger partial charge >= 0.3 is 0 Å². The molecule has 0 saturated heterocycles. The van der Waals surface area contributed by atoms with Crippen LogP contribution in [0, 0.1) is 13.8 Å². The Balaban J connectivity index is 1.68. The predicted molar refractivity (Wildman–Crippen MR) is 81.3 cm³/mol. The van der Waals surface area contributed by atoms with Crippen LogP contribution in [-0.4, -0.2) is 6.61 Å². The van der Waals surface area contributed by atoms with Crippen LogP contribution in [0.3, 0.4) is 0 Å². The van der Waals surface area contributed by atoms with E-state index in [1.165, 1.54) is 22.1 Å². The van der Waals surface area contributed by atoms with E-state index in [4.69, 9.17) is 9.15 Å². The lowest BCUT2D eigenvalue weighted by Gasteiger charge is -2.05. The third-order valence-corrected chi connectivity index (χ3v) is 3.47. The minimum absolute atomic E-state index is 0.658. The molecular formula is C18H18O2. The SMILES string of the molecule is Cc1ccc(OCCc2coc3ccc(C)cc23)cc1. The molecule has 0 bridgehead atoms. The van der Waals surface area contributed by atoms with E-state index in [9.17, 15) is 0 Å². The molecule has 0 N–H and O–H groups in total. The van der Waals surface area contributed by atoms with Crippen LogP contribution in [0.5, 0.6) is 5.75 Å². The highest BCUT2D eigenvalue weighted by atomic mass is 16.5. The predicted octanol–water partition coefficient (Wildman–Crippen LogP) is 4.67. The summed E-state index contributed by atoms with van der Waals surface area (Å²) in [5, 5.41) is 1.19. The average molecular weight is 266 g/mol. The van der Waals surface area contributed by atoms with Crippen LogP contribution in [0.15, 0.2) is 53.1 Å². The van der Waals surface area contributed by atoms with Crippen LogP contribution in [-0.2, 0) is 6.42 Å². The van der Waals surface area contributed by atoms with E-state index in [2.05, 4.69) is 38.1 Å². The molecule has 0 amide bonds. The van der Waals surface area contributed by atoms with Gasteiger partial charge in [0, 0.05) is 17.4 Å². The Morgan fingerprint density at radius 2 is 1.70 bits per heavy atom. The lowest BCUT2D eigenvalue weighted by atomic mass is 10.1. The maximum atomic E-state index is 5.77. The minimum Gasteiger partial charge on any atom is -0.493 e. The Hall–Kier alpha value is -2.22. The number of aryl methyl sites for hydroxylation is 2. The number of hydrogen-bond donors (Lipinski definition) is 0. The third-order valence-electron chi connectivity index (χ3n) is 3.47. The summed E-state index contributed by atoms with van der Waals surface area (Å²) in [6.45, 7) is 4.83. The molecule has 0 atom stereocenters. The molecule has 2 aromatic carbocycles. The van der Waals surface area contributed by atoms with Gasteiger partial charge in [0.05, 0.1) is 12.9 Å². The molecule has 2 nitrogen and oxygen atoms in total. The zero-order valence-corrected chi connectivity index (χ0v) is 11.8. The molecule has 2 heteroatoms. The zero-order valence-electron chi connectivity index (χ0n) is 11.8. The van der Waals surface area contributed by atoms with Crippen molar-refractivity contribution in [3.63, 3.8) is 0 Å². The molecule has 0 unspecified atom stereocenters. The summed E-state index contributed by atoms with van der Waals surface area (Å²) < 4.78 is 11.3. The van der Waals surface area contributed by atoms with Gasteiger partial charge in [0.2, 0.25) is 0 Å². The van der Waals surface area contributed by atoms with Crippen molar-refractivity contribution in [3.05, 3.63) is 65.4 Å². The van der Waals surface area contributed by atoms with E-state index >= 15 is 0 Å². The lowest BCUT2D eigenvalue weighted by molar-refractivity contribution is 0.322. The van der Waals surface area contributed by atoms with Crippen molar-refractivity contribution in [2.24, 2.45) is 0 Å². The quantitative estimate of drug-likeness (QED) is 0.684. The van der Waals surface area contributed by atoms with Gasteiger partial charge in [-0.15, -0.1) is 0 Å². The van der Waals surface area contributed by atoms with Crippen molar-refractivity contribution in [1.82, 2.24) is 0 Å². The molecular weight excluding hydrogens is 248 g/mol. The standard InChI is InChI=1S/C18H18O2/c1-13-3-6-16(7-4-13)19-10-9-15-12-20-18-8-5-14(2)11-17(15)18/h3-8,11-12H,9-10H2,1-2H3. The Bertz CT molecular complexity index is 708. The van der Waals surface area contributed by atoms with Crippen molar-refractivity contribution in [1.29, 1.82) is 0 Å². The van der Waals surface area contributed by atoms with Gasteiger partial charge in [-0.1, -0.05) is 29.3 Å². The Labute approximate surface area is 119 Å². The fraction of sp³-hybridized carbons (Fsp3) is 0.222. The van der Waals surface area contributed by atoms with Crippen molar-refractivity contribution in [2.45, 2.75) is 20.3 Å². The van der Waals surface area contributed by atoms with E-state index in [0.29, 0.717) is 6.61 Å². The molecule has 0 aliphatic rings. The van der Waals surface area contributed by atoms with Gasteiger partial charge in [-0.3, -0.25) is 0 Å². The summed E-state index contributed by atoms with van der Waals surface area (Å²) in [5.41, 5.74) is 4.64. The molecule has 0 fully saturated rings. The van der Waals surface area contributed by atoms with Gasteiger partial charge in [-0.25, -0.2) is 0 Å². The minimum atomic E-state index is 0.658. The highest BCUT2D eigenvalue weighted by Crippen LogP contribution is 2.23. The first-order valence-corrected chi connectivity index (χ1v) is 6.88. The van der Waals surface area contributed by atoms with Gasteiger partial charge in [-0.05, 0) is 38.1 Å². The summed E-state index contributed by atoms with van der Waals surface area (Å²) in [4.78, 5) is 0. The molecule has 0 radical (unpaired) electrons. The molecule has 0 saturated carbocycles. The second kappa shape index (κ2) is 5.41. The summed E-state index contributed by atoms with van der Waals surface area (Å²) in [5.74, 6) is 0.916. The van der Waals surface area contributed by atoms with Gasteiger partial charge in [0.15, 0.2) is 0 Å². The molecule has 20 heavy (non-hydrogen) atoms. The molecule has 1 heterocycles. The van der Waals surface area contributed by atoms with Crippen molar-refractivity contribution >= 4 is 11.0 Å². The molecule has 0 aliphatic carbocycles. The summed E-state index contributed by atoms with van der Waals surface area (Å²) in [7, 11) is 0. The number of benzene rings is 2. The van der Waals surface area contributed by atoms with Crippen LogP contribution in [0.4, 0.5) is 0 Å². The van der Waals surface area contributed by atoms with Crippen LogP contribution in [0.1, 0.15) is 16.7 Å². The van der Waals surface area contributed by atoms with Crippen LogP contribution in [0.2, 0.25) is 0 Å². The zero-order chi connectivity index (χ0) is 13.9. The van der Waals surface area contributed by atoms with Crippen LogP contribution >= 0.6 is 0 Å². The number of hydrogen-bond acceptors (Lipinski definition) is 2. The molecule has 3 aromatic rings. The maximum absolute atomic E-state index is 5.77. The topological polar surface area (TPSA) is 22.4 Å². The summed E-state index contributed by atoms with van der Waals surface area (Å²) >= 11 is 0. The number of ether oxygens (including phenoxy) is 1. The van der Waals surface area contributed by atoms with E-state index in [1.807, 2.05) is 24.5 Å². The number of rotatable bonds is 4. The lowest BCUT2D eigenvalue weighted by Crippen LogP contribution is -2.00. The fourth-order valence-corrected chi connectivity index (χ4v) is 2.30. The number of fused-ring (bicyclic) bond motifs is 1. The molecule has 3 rings (SSSR count).